The van der Waals surface area contributed by atoms with Crippen molar-refractivity contribution in [3.8, 4) is 11.4 Å². The fourth-order valence-electron chi connectivity index (χ4n) is 4.52. The highest BCUT2D eigenvalue weighted by Gasteiger charge is 2.29. The maximum atomic E-state index is 11.4. The summed E-state index contributed by atoms with van der Waals surface area (Å²) in [6.07, 6.45) is 6.39. The van der Waals surface area contributed by atoms with E-state index in [2.05, 4.69) is 67.0 Å². The molecule has 0 radical (unpaired) electrons. The van der Waals surface area contributed by atoms with Gasteiger partial charge >= 0.3 is 0 Å². The summed E-state index contributed by atoms with van der Waals surface area (Å²) in [5.74, 6) is 2.36. The van der Waals surface area contributed by atoms with E-state index < -0.39 is 10.0 Å². The average molecular weight is 541 g/mol. The molecule has 1 aliphatic heterocycles. The number of benzene rings is 1. The second kappa shape index (κ2) is 9.88. The minimum Gasteiger partial charge on any atom is -0.370 e. The van der Waals surface area contributed by atoms with Crippen molar-refractivity contribution in [2.45, 2.75) is 19.8 Å². The molecule has 1 fully saturated rings. The van der Waals surface area contributed by atoms with Gasteiger partial charge in [0.1, 0.15) is 16.8 Å². The van der Waals surface area contributed by atoms with Crippen molar-refractivity contribution in [3.63, 3.8) is 0 Å². The third kappa shape index (κ3) is 5.39. The highest BCUT2D eigenvalue weighted by atomic mass is 35.5. The number of aromatic nitrogens is 5. The van der Waals surface area contributed by atoms with Gasteiger partial charge in [0, 0.05) is 56.1 Å². The fourth-order valence-corrected chi connectivity index (χ4v) is 5.24. The molecule has 10 nitrogen and oxygen atoms in total. The number of fused-ring (bicyclic) bond motifs is 1. The molecule has 0 bridgehead atoms. The molecular formula is C25H29ClN8O2S. The largest absolute Gasteiger partial charge is 0.370 e. The first-order valence-corrected chi connectivity index (χ1v) is 14.3. The van der Waals surface area contributed by atoms with Crippen LogP contribution in [0.3, 0.4) is 0 Å². The van der Waals surface area contributed by atoms with E-state index in [1.54, 1.807) is 30.2 Å². The van der Waals surface area contributed by atoms with Gasteiger partial charge < -0.3 is 10.2 Å². The van der Waals surface area contributed by atoms with Crippen LogP contribution in [0.15, 0.2) is 42.9 Å². The number of aryl methyl sites for hydroxylation is 1. The molecule has 0 atom stereocenters. The van der Waals surface area contributed by atoms with Gasteiger partial charge in [0.15, 0.2) is 5.82 Å². The topological polar surface area (TPSA) is 118 Å². The molecule has 0 saturated carbocycles. The third-order valence-corrected chi connectivity index (χ3v) is 7.62. The maximum Gasteiger partial charge on any atom is 0.208 e. The van der Waals surface area contributed by atoms with E-state index in [0.29, 0.717) is 40.6 Å². The number of nitrogens with one attached hydrogen (secondary N) is 2. The molecule has 12 heteroatoms. The Morgan fingerprint density at radius 2 is 1.89 bits per heavy atom. The Hall–Kier alpha value is -3.28. The molecule has 0 aliphatic carbocycles. The standard InChI is InChI=1S/C25H29ClN8O2S/c1-15(2)17-5-6-21(34-13-16(14-34)10-30-37(4,35)36)19-11-28-23(9-18(17)19)31-22-7-8-27-25(32-22)20-12-29-33(3)24(20)26/h5-9,11-12,15-16,30H,10,13-14H2,1-4H3,(H,27,28,31,32). The van der Waals surface area contributed by atoms with E-state index in [4.69, 9.17) is 11.6 Å². The van der Waals surface area contributed by atoms with Crippen LogP contribution in [0.2, 0.25) is 5.15 Å². The van der Waals surface area contributed by atoms with Gasteiger partial charge in [0.25, 0.3) is 0 Å². The molecule has 0 unspecified atom stereocenters. The van der Waals surface area contributed by atoms with Crippen molar-refractivity contribution >= 4 is 49.7 Å². The molecule has 3 aromatic heterocycles. The number of nitrogens with zero attached hydrogens (tertiary/aromatic N) is 6. The number of hydrogen-bond donors (Lipinski definition) is 2. The molecule has 2 N–H and O–H groups in total. The van der Waals surface area contributed by atoms with E-state index in [0.717, 1.165) is 29.5 Å². The van der Waals surface area contributed by atoms with Gasteiger partial charge in [-0.1, -0.05) is 31.5 Å². The quantitative estimate of drug-likeness (QED) is 0.345. The Bertz CT molecular complexity index is 1560. The van der Waals surface area contributed by atoms with Crippen LogP contribution in [0.5, 0.6) is 0 Å². The minimum atomic E-state index is -3.18. The molecule has 5 rings (SSSR count). The summed E-state index contributed by atoms with van der Waals surface area (Å²) in [4.78, 5) is 15.9. The van der Waals surface area contributed by atoms with E-state index in [9.17, 15) is 8.42 Å². The Kier molecular flexibility index (Phi) is 6.78. The Morgan fingerprint density at radius 1 is 1.11 bits per heavy atom. The summed E-state index contributed by atoms with van der Waals surface area (Å²) >= 11 is 6.33. The molecule has 1 aromatic carbocycles. The number of pyridine rings is 1. The van der Waals surface area contributed by atoms with E-state index in [1.807, 2.05) is 6.20 Å². The lowest BCUT2D eigenvalue weighted by Gasteiger charge is -2.41. The second-order valence-corrected chi connectivity index (χ2v) is 11.9. The molecule has 194 valence electrons. The highest BCUT2D eigenvalue weighted by Crippen LogP contribution is 2.37. The minimum absolute atomic E-state index is 0.281. The SMILES string of the molecule is CC(C)c1ccc(N2CC(CNS(C)(=O)=O)C2)c2cnc(Nc3ccnc(-c4cnn(C)c4Cl)n3)cc12. The highest BCUT2D eigenvalue weighted by molar-refractivity contribution is 7.88. The van der Waals surface area contributed by atoms with Crippen LogP contribution in [-0.4, -0.2) is 59.0 Å². The predicted octanol–water partition coefficient (Wildman–Crippen LogP) is 3.93. The zero-order chi connectivity index (χ0) is 26.3. The lowest BCUT2D eigenvalue weighted by atomic mass is 9.93. The Balaban J connectivity index is 1.41. The van der Waals surface area contributed by atoms with Gasteiger partial charge in [0.2, 0.25) is 10.0 Å². The van der Waals surface area contributed by atoms with Gasteiger partial charge in [0.05, 0.1) is 18.0 Å². The molecule has 4 heterocycles. The molecule has 0 amide bonds. The fraction of sp³-hybridized carbons (Fsp3) is 0.360. The Morgan fingerprint density at radius 3 is 2.57 bits per heavy atom. The Labute approximate surface area is 221 Å². The number of hydrogen-bond acceptors (Lipinski definition) is 8. The zero-order valence-electron chi connectivity index (χ0n) is 21.1. The van der Waals surface area contributed by atoms with Gasteiger partial charge in [-0.25, -0.2) is 28.1 Å². The van der Waals surface area contributed by atoms with Crippen molar-refractivity contribution < 1.29 is 8.42 Å². The first-order valence-electron chi connectivity index (χ1n) is 12.0. The van der Waals surface area contributed by atoms with Gasteiger partial charge in [-0.2, -0.15) is 5.10 Å². The number of sulfonamides is 1. The number of halogens is 1. The molecule has 1 aliphatic rings. The van der Waals surface area contributed by atoms with Crippen LogP contribution in [0.25, 0.3) is 22.2 Å². The van der Waals surface area contributed by atoms with Crippen molar-refractivity contribution in [1.29, 1.82) is 0 Å². The van der Waals surface area contributed by atoms with Gasteiger partial charge in [-0.15, -0.1) is 0 Å². The molecule has 0 spiro atoms. The van der Waals surface area contributed by atoms with Crippen LogP contribution in [0.4, 0.5) is 17.3 Å². The van der Waals surface area contributed by atoms with E-state index in [-0.39, 0.29) is 5.92 Å². The molecule has 4 aromatic rings. The van der Waals surface area contributed by atoms with Crippen molar-refractivity contribution in [2.75, 3.05) is 36.1 Å². The zero-order valence-corrected chi connectivity index (χ0v) is 22.7. The van der Waals surface area contributed by atoms with Crippen molar-refractivity contribution in [3.05, 3.63) is 53.6 Å². The van der Waals surface area contributed by atoms with Crippen molar-refractivity contribution in [1.82, 2.24) is 29.5 Å². The second-order valence-electron chi connectivity index (χ2n) is 9.70. The van der Waals surface area contributed by atoms with Crippen LogP contribution in [-0.2, 0) is 17.1 Å². The average Bonchev–Trinajstić information content (AvgIpc) is 3.15. The van der Waals surface area contributed by atoms with Gasteiger partial charge in [-0.3, -0.25) is 4.68 Å². The summed E-state index contributed by atoms with van der Waals surface area (Å²) in [5, 5.41) is 10.1. The summed E-state index contributed by atoms with van der Waals surface area (Å²) in [6, 6.07) is 8.14. The predicted molar refractivity (Wildman–Crippen MR) is 147 cm³/mol. The molecule has 1 saturated heterocycles. The van der Waals surface area contributed by atoms with Gasteiger partial charge in [-0.05, 0) is 35.1 Å². The van der Waals surface area contributed by atoms with Crippen LogP contribution >= 0.6 is 11.6 Å². The lowest BCUT2D eigenvalue weighted by molar-refractivity contribution is 0.407. The third-order valence-electron chi connectivity index (χ3n) is 6.48. The van der Waals surface area contributed by atoms with Crippen molar-refractivity contribution in [2.24, 2.45) is 13.0 Å². The lowest BCUT2D eigenvalue weighted by Crippen LogP contribution is -2.51. The van der Waals surface area contributed by atoms with Crippen LogP contribution in [0.1, 0.15) is 25.3 Å². The molecule has 37 heavy (non-hydrogen) atoms. The first kappa shape index (κ1) is 25.4. The number of rotatable bonds is 8. The van der Waals surface area contributed by atoms with E-state index >= 15 is 0 Å². The molecular weight excluding hydrogens is 512 g/mol. The summed E-state index contributed by atoms with van der Waals surface area (Å²) in [6.45, 7) is 6.38. The first-order chi connectivity index (χ1) is 17.6. The summed E-state index contributed by atoms with van der Waals surface area (Å²) < 4.78 is 27.0. The number of anilines is 3. The van der Waals surface area contributed by atoms with Crippen LogP contribution < -0.4 is 14.9 Å². The monoisotopic (exact) mass is 540 g/mol. The smallest absolute Gasteiger partial charge is 0.208 e. The summed E-state index contributed by atoms with van der Waals surface area (Å²) in [7, 11) is -1.42. The van der Waals surface area contributed by atoms with Crippen LogP contribution in [0, 0.1) is 5.92 Å². The van der Waals surface area contributed by atoms with E-state index in [1.165, 1.54) is 11.8 Å². The summed E-state index contributed by atoms with van der Waals surface area (Å²) in [5.41, 5.74) is 2.99. The maximum absolute atomic E-state index is 11.4. The normalized spacial score (nSPS) is 14.4.